The number of pyridine rings is 1. The van der Waals surface area contributed by atoms with E-state index in [2.05, 4.69) is 19.9 Å². The van der Waals surface area contributed by atoms with Gasteiger partial charge in [0, 0.05) is 32.4 Å². The minimum absolute atomic E-state index is 0.225. The number of aromatic nitrogens is 1. The summed E-state index contributed by atoms with van der Waals surface area (Å²) in [5, 5.41) is 3.13. The zero-order chi connectivity index (χ0) is 14.4. The van der Waals surface area contributed by atoms with E-state index in [9.17, 15) is 4.79 Å². The molecule has 0 aromatic carbocycles. The smallest absolute Gasteiger partial charge is 0.339 e. The van der Waals surface area contributed by atoms with Crippen molar-refractivity contribution in [2.24, 2.45) is 0 Å². The Morgan fingerprint density at radius 3 is 3.10 bits per heavy atom. The Balaban J connectivity index is 1.91. The molecule has 1 atom stereocenters. The van der Waals surface area contributed by atoms with E-state index in [1.165, 1.54) is 7.11 Å². The summed E-state index contributed by atoms with van der Waals surface area (Å²) >= 11 is 0. The molecule has 0 bridgehead atoms. The van der Waals surface area contributed by atoms with Crippen molar-refractivity contribution in [1.29, 1.82) is 0 Å². The number of carbonyl (C=O) groups excluding carboxylic acids is 1. The lowest BCUT2D eigenvalue weighted by Crippen LogP contribution is -2.45. The highest BCUT2D eigenvalue weighted by Crippen LogP contribution is 2.10. The summed E-state index contributed by atoms with van der Waals surface area (Å²) in [5.41, 5.74) is 1.43. The SMILES string of the molecule is CNCC1CN(Cc2ccc(C(=O)OC)cn2)CCO1. The standard InChI is InChI=1S/C14H21N3O3/c1-15-8-13-10-17(5-6-20-13)9-12-4-3-11(7-16-12)14(18)19-2/h3-4,7,13,15H,5-6,8-10H2,1-2H3. The van der Waals surface area contributed by atoms with Gasteiger partial charge in [-0.25, -0.2) is 4.79 Å². The number of methoxy groups -OCH3 is 1. The molecule has 0 saturated carbocycles. The van der Waals surface area contributed by atoms with Crippen molar-refractivity contribution < 1.29 is 14.3 Å². The maximum atomic E-state index is 11.3. The lowest BCUT2D eigenvalue weighted by molar-refractivity contribution is -0.0294. The van der Waals surface area contributed by atoms with Gasteiger partial charge in [-0.05, 0) is 19.2 Å². The van der Waals surface area contributed by atoms with Crippen molar-refractivity contribution in [1.82, 2.24) is 15.2 Å². The van der Waals surface area contributed by atoms with Crippen LogP contribution in [0.2, 0.25) is 0 Å². The van der Waals surface area contributed by atoms with Gasteiger partial charge in [-0.1, -0.05) is 0 Å². The van der Waals surface area contributed by atoms with Crippen LogP contribution in [0.5, 0.6) is 0 Å². The van der Waals surface area contributed by atoms with Gasteiger partial charge in [0.25, 0.3) is 0 Å². The first kappa shape index (κ1) is 14.9. The van der Waals surface area contributed by atoms with Gasteiger partial charge in [0.1, 0.15) is 0 Å². The highest BCUT2D eigenvalue weighted by molar-refractivity contribution is 5.88. The second-order valence-electron chi connectivity index (χ2n) is 4.82. The van der Waals surface area contributed by atoms with Crippen LogP contribution in [0.25, 0.3) is 0 Å². The van der Waals surface area contributed by atoms with E-state index in [0.29, 0.717) is 5.56 Å². The number of hydrogen-bond donors (Lipinski definition) is 1. The van der Waals surface area contributed by atoms with Gasteiger partial charge < -0.3 is 14.8 Å². The first-order valence-electron chi connectivity index (χ1n) is 6.74. The minimum atomic E-state index is -0.357. The van der Waals surface area contributed by atoms with Crippen LogP contribution in [0.4, 0.5) is 0 Å². The van der Waals surface area contributed by atoms with E-state index in [4.69, 9.17) is 4.74 Å². The Morgan fingerprint density at radius 2 is 2.45 bits per heavy atom. The Labute approximate surface area is 119 Å². The van der Waals surface area contributed by atoms with Crippen molar-refractivity contribution in [3.05, 3.63) is 29.6 Å². The highest BCUT2D eigenvalue weighted by atomic mass is 16.5. The number of carbonyl (C=O) groups is 1. The minimum Gasteiger partial charge on any atom is -0.465 e. The molecule has 1 fully saturated rings. The fourth-order valence-corrected chi connectivity index (χ4v) is 2.26. The van der Waals surface area contributed by atoms with E-state index in [1.807, 2.05) is 13.1 Å². The van der Waals surface area contributed by atoms with Crippen LogP contribution < -0.4 is 5.32 Å². The fourth-order valence-electron chi connectivity index (χ4n) is 2.26. The molecule has 6 heteroatoms. The van der Waals surface area contributed by atoms with Crippen LogP contribution in [-0.2, 0) is 16.0 Å². The third-order valence-corrected chi connectivity index (χ3v) is 3.29. The molecule has 1 aromatic heterocycles. The maximum absolute atomic E-state index is 11.3. The molecule has 1 aliphatic rings. The molecular weight excluding hydrogens is 258 g/mol. The molecular formula is C14H21N3O3. The Hall–Kier alpha value is -1.50. The third kappa shape index (κ3) is 4.00. The summed E-state index contributed by atoms with van der Waals surface area (Å²) in [6.45, 7) is 4.16. The summed E-state index contributed by atoms with van der Waals surface area (Å²) in [6.07, 6.45) is 1.79. The summed E-state index contributed by atoms with van der Waals surface area (Å²) in [7, 11) is 3.29. The van der Waals surface area contributed by atoms with Gasteiger partial charge in [-0.2, -0.15) is 0 Å². The molecule has 1 N–H and O–H groups in total. The normalized spacial score (nSPS) is 19.8. The second-order valence-corrected chi connectivity index (χ2v) is 4.82. The Morgan fingerprint density at radius 1 is 1.60 bits per heavy atom. The number of ether oxygens (including phenoxy) is 2. The lowest BCUT2D eigenvalue weighted by atomic mass is 10.2. The van der Waals surface area contributed by atoms with Crippen molar-refractivity contribution >= 4 is 5.97 Å². The van der Waals surface area contributed by atoms with Gasteiger partial charge in [-0.15, -0.1) is 0 Å². The summed E-state index contributed by atoms with van der Waals surface area (Å²) in [5.74, 6) is -0.357. The summed E-state index contributed by atoms with van der Waals surface area (Å²) in [4.78, 5) is 18.0. The highest BCUT2D eigenvalue weighted by Gasteiger charge is 2.20. The monoisotopic (exact) mass is 279 g/mol. The molecule has 0 radical (unpaired) electrons. The lowest BCUT2D eigenvalue weighted by Gasteiger charge is -2.32. The average Bonchev–Trinajstić information content (AvgIpc) is 2.48. The Kier molecular flexibility index (Phi) is 5.46. The van der Waals surface area contributed by atoms with Crippen LogP contribution in [0.1, 0.15) is 16.1 Å². The van der Waals surface area contributed by atoms with Crippen LogP contribution in [0.15, 0.2) is 18.3 Å². The zero-order valence-corrected chi connectivity index (χ0v) is 12.0. The van der Waals surface area contributed by atoms with Gasteiger partial charge >= 0.3 is 5.97 Å². The molecule has 1 aromatic rings. The third-order valence-electron chi connectivity index (χ3n) is 3.29. The van der Waals surface area contributed by atoms with Crippen molar-refractivity contribution in [2.45, 2.75) is 12.6 Å². The first-order valence-corrected chi connectivity index (χ1v) is 6.74. The molecule has 2 heterocycles. The number of rotatable bonds is 5. The number of hydrogen-bond acceptors (Lipinski definition) is 6. The molecule has 1 unspecified atom stereocenters. The van der Waals surface area contributed by atoms with Gasteiger partial charge in [-0.3, -0.25) is 9.88 Å². The fraction of sp³-hybridized carbons (Fsp3) is 0.571. The van der Waals surface area contributed by atoms with E-state index in [1.54, 1.807) is 12.3 Å². The molecule has 1 saturated heterocycles. The zero-order valence-electron chi connectivity index (χ0n) is 12.0. The van der Waals surface area contributed by atoms with Crippen LogP contribution in [0, 0.1) is 0 Å². The molecule has 110 valence electrons. The van der Waals surface area contributed by atoms with Crippen molar-refractivity contribution in [2.75, 3.05) is 40.4 Å². The predicted molar refractivity (Wildman–Crippen MR) is 74.5 cm³/mol. The number of morpholine rings is 1. The van der Waals surface area contributed by atoms with E-state index in [-0.39, 0.29) is 12.1 Å². The molecule has 1 aliphatic heterocycles. The quantitative estimate of drug-likeness (QED) is 0.782. The van der Waals surface area contributed by atoms with Crippen molar-refractivity contribution in [3.63, 3.8) is 0 Å². The number of nitrogens with zero attached hydrogens (tertiary/aromatic N) is 2. The van der Waals surface area contributed by atoms with E-state index >= 15 is 0 Å². The molecule has 0 aliphatic carbocycles. The van der Waals surface area contributed by atoms with E-state index in [0.717, 1.165) is 38.5 Å². The molecule has 0 amide bonds. The molecule has 6 nitrogen and oxygen atoms in total. The molecule has 2 rings (SSSR count). The van der Waals surface area contributed by atoms with E-state index < -0.39 is 0 Å². The number of nitrogens with one attached hydrogen (secondary N) is 1. The topological polar surface area (TPSA) is 63.7 Å². The Bertz CT molecular complexity index is 434. The summed E-state index contributed by atoms with van der Waals surface area (Å²) < 4.78 is 10.3. The van der Waals surface area contributed by atoms with Gasteiger partial charge in [0.2, 0.25) is 0 Å². The molecule has 20 heavy (non-hydrogen) atoms. The van der Waals surface area contributed by atoms with Crippen LogP contribution in [-0.4, -0.2) is 62.4 Å². The number of likely N-dealkylation sites (N-methyl/N-ethyl adjacent to an activating group) is 1. The maximum Gasteiger partial charge on any atom is 0.339 e. The second kappa shape index (κ2) is 7.33. The summed E-state index contributed by atoms with van der Waals surface area (Å²) in [6, 6.07) is 3.62. The van der Waals surface area contributed by atoms with Gasteiger partial charge in [0.15, 0.2) is 0 Å². The first-order chi connectivity index (χ1) is 9.72. The largest absolute Gasteiger partial charge is 0.465 e. The van der Waals surface area contributed by atoms with Crippen molar-refractivity contribution in [3.8, 4) is 0 Å². The van der Waals surface area contributed by atoms with Gasteiger partial charge in [0.05, 0.1) is 31.1 Å². The predicted octanol–water partition coefficient (Wildman–Crippen LogP) is 0.288. The van der Waals surface area contributed by atoms with Crippen LogP contribution in [0.3, 0.4) is 0 Å². The molecule has 0 spiro atoms. The van der Waals surface area contributed by atoms with Crippen LogP contribution >= 0.6 is 0 Å². The average molecular weight is 279 g/mol. The number of esters is 1.